The zero-order chi connectivity index (χ0) is 15.5. The standard InChI is InChI=1S/C17H21N3O2/c1-3-5-13-11-15(19-18-13)17(21)20-9-8-16(20)12-6-4-7-14(10-12)22-2/h4,6-7,10-11,16H,3,5,8-9H2,1-2H3,(H,18,19)/t16-/m1/s1. The Kier molecular flexibility index (Phi) is 4.13. The van der Waals surface area contributed by atoms with Crippen LogP contribution in [0.3, 0.4) is 0 Å². The highest BCUT2D eigenvalue weighted by Crippen LogP contribution is 2.35. The molecule has 3 rings (SSSR count). The lowest BCUT2D eigenvalue weighted by Gasteiger charge is -2.41. The largest absolute Gasteiger partial charge is 0.497 e. The van der Waals surface area contributed by atoms with Crippen LogP contribution in [-0.2, 0) is 6.42 Å². The Morgan fingerprint density at radius 2 is 2.32 bits per heavy atom. The van der Waals surface area contributed by atoms with Gasteiger partial charge in [0, 0.05) is 12.2 Å². The van der Waals surface area contributed by atoms with Gasteiger partial charge in [0.05, 0.1) is 13.2 Å². The van der Waals surface area contributed by atoms with E-state index in [2.05, 4.69) is 17.1 Å². The van der Waals surface area contributed by atoms with Gasteiger partial charge in [-0.2, -0.15) is 5.10 Å². The molecule has 0 saturated carbocycles. The van der Waals surface area contributed by atoms with Crippen LogP contribution in [0.1, 0.15) is 47.6 Å². The van der Waals surface area contributed by atoms with Crippen LogP contribution in [0.5, 0.6) is 5.75 Å². The molecule has 1 aliphatic rings. The summed E-state index contributed by atoms with van der Waals surface area (Å²) in [6.07, 6.45) is 2.93. The van der Waals surface area contributed by atoms with Gasteiger partial charge < -0.3 is 9.64 Å². The summed E-state index contributed by atoms with van der Waals surface area (Å²) in [6.45, 7) is 2.88. The van der Waals surface area contributed by atoms with Crippen LogP contribution in [0.25, 0.3) is 0 Å². The highest BCUT2D eigenvalue weighted by Gasteiger charge is 2.35. The van der Waals surface area contributed by atoms with Crippen LogP contribution in [0, 0.1) is 0 Å². The molecular formula is C17H21N3O2. The molecular weight excluding hydrogens is 278 g/mol. The molecule has 1 saturated heterocycles. The molecule has 0 radical (unpaired) electrons. The highest BCUT2D eigenvalue weighted by molar-refractivity contribution is 5.93. The summed E-state index contributed by atoms with van der Waals surface area (Å²) in [5.41, 5.74) is 2.64. The van der Waals surface area contributed by atoms with E-state index >= 15 is 0 Å². The molecule has 0 aliphatic carbocycles. The minimum absolute atomic E-state index is 0.00215. The van der Waals surface area contributed by atoms with E-state index in [4.69, 9.17) is 4.74 Å². The number of likely N-dealkylation sites (tertiary alicyclic amines) is 1. The summed E-state index contributed by atoms with van der Waals surface area (Å²) in [4.78, 5) is 14.5. The first-order valence-electron chi connectivity index (χ1n) is 7.72. The number of hydrogen-bond donors (Lipinski definition) is 1. The molecule has 2 aromatic rings. The Morgan fingerprint density at radius 3 is 3.00 bits per heavy atom. The van der Waals surface area contributed by atoms with Crippen molar-refractivity contribution in [1.29, 1.82) is 0 Å². The van der Waals surface area contributed by atoms with Crippen LogP contribution in [0.2, 0.25) is 0 Å². The maximum absolute atomic E-state index is 12.6. The lowest BCUT2D eigenvalue weighted by Crippen LogP contribution is -2.45. The number of amides is 1. The molecule has 0 spiro atoms. The number of hydrogen-bond acceptors (Lipinski definition) is 3. The first kappa shape index (κ1) is 14.6. The highest BCUT2D eigenvalue weighted by atomic mass is 16.5. The van der Waals surface area contributed by atoms with E-state index in [9.17, 15) is 4.79 Å². The fourth-order valence-electron chi connectivity index (χ4n) is 2.84. The van der Waals surface area contributed by atoms with Gasteiger partial charge in [-0.15, -0.1) is 0 Å². The summed E-state index contributed by atoms with van der Waals surface area (Å²) in [6, 6.07) is 9.90. The lowest BCUT2D eigenvalue weighted by atomic mass is 9.94. The fourth-order valence-corrected chi connectivity index (χ4v) is 2.84. The van der Waals surface area contributed by atoms with Crippen molar-refractivity contribution in [2.45, 2.75) is 32.2 Å². The quantitative estimate of drug-likeness (QED) is 0.923. The van der Waals surface area contributed by atoms with Gasteiger partial charge in [0.1, 0.15) is 11.4 Å². The SMILES string of the molecule is CCCc1cc(C(=O)N2CC[C@@H]2c2cccc(OC)c2)n[nH]1. The molecule has 1 amide bonds. The maximum atomic E-state index is 12.6. The van der Waals surface area contributed by atoms with Crippen LogP contribution in [-0.4, -0.2) is 34.7 Å². The number of methoxy groups -OCH3 is 1. The van der Waals surface area contributed by atoms with Crippen molar-refractivity contribution in [2.24, 2.45) is 0 Å². The number of carbonyl (C=O) groups is 1. The maximum Gasteiger partial charge on any atom is 0.274 e. The molecule has 116 valence electrons. The molecule has 2 heterocycles. The minimum atomic E-state index is -0.00215. The third-order valence-electron chi connectivity index (χ3n) is 4.13. The normalized spacial score (nSPS) is 17.2. The van der Waals surface area contributed by atoms with E-state index in [-0.39, 0.29) is 11.9 Å². The van der Waals surface area contributed by atoms with Gasteiger partial charge in [-0.05, 0) is 36.6 Å². The predicted molar refractivity (Wildman–Crippen MR) is 84.0 cm³/mol. The van der Waals surface area contributed by atoms with Crippen LogP contribution in [0.15, 0.2) is 30.3 Å². The number of aromatic amines is 1. The Morgan fingerprint density at radius 1 is 1.45 bits per heavy atom. The van der Waals surface area contributed by atoms with Crippen molar-refractivity contribution in [3.05, 3.63) is 47.3 Å². The number of aryl methyl sites for hydroxylation is 1. The van der Waals surface area contributed by atoms with E-state index in [0.717, 1.165) is 42.8 Å². The van der Waals surface area contributed by atoms with Crippen molar-refractivity contribution in [1.82, 2.24) is 15.1 Å². The smallest absolute Gasteiger partial charge is 0.274 e. The molecule has 1 N–H and O–H groups in total. The Labute approximate surface area is 130 Å². The third kappa shape index (κ3) is 2.71. The molecule has 5 heteroatoms. The second-order valence-electron chi connectivity index (χ2n) is 5.61. The monoisotopic (exact) mass is 299 g/mol. The molecule has 1 aromatic carbocycles. The zero-order valence-corrected chi connectivity index (χ0v) is 13.0. The summed E-state index contributed by atoms with van der Waals surface area (Å²) >= 11 is 0. The van der Waals surface area contributed by atoms with Gasteiger partial charge >= 0.3 is 0 Å². The molecule has 1 fully saturated rings. The lowest BCUT2D eigenvalue weighted by molar-refractivity contribution is 0.0453. The van der Waals surface area contributed by atoms with Gasteiger partial charge in [-0.3, -0.25) is 9.89 Å². The van der Waals surface area contributed by atoms with Gasteiger partial charge in [-0.1, -0.05) is 25.5 Å². The second-order valence-corrected chi connectivity index (χ2v) is 5.61. The van der Waals surface area contributed by atoms with E-state index < -0.39 is 0 Å². The minimum Gasteiger partial charge on any atom is -0.497 e. The number of H-pyrrole nitrogens is 1. The Hall–Kier alpha value is -2.30. The van der Waals surface area contributed by atoms with Gasteiger partial charge in [-0.25, -0.2) is 0 Å². The summed E-state index contributed by atoms with van der Waals surface area (Å²) in [5.74, 6) is 0.819. The molecule has 22 heavy (non-hydrogen) atoms. The number of benzene rings is 1. The van der Waals surface area contributed by atoms with Gasteiger partial charge in [0.15, 0.2) is 0 Å². The molecule has 1 aliphatic heterocycles. The van der Waals surface area contributed by atoms with Crippen molar-refractivity contribution in [2.75, 3.05) is 13.7 Å². The summed E-state index contributed by atoms with van der Waals surface area (Å²) < 4.78 is 5.26. The molecule has 0 bridgehead atoms. The number of ether oxygens (including phenoxy) is 1. The third-order valence-corrected chi connectivity index (χ3v) is 4.13. The molecule has 1 aromatic heterocycles. The average Bonchev–Trinajstić information content (AvgIpc) is 2.95. The first-order valence-corrected chi connectivity index (χ1v) is 7.72. The van der Waals surface area contributed by atoms with E-state index in [1.54, 1.807) is 7.11 Å². The topological polar surface area (TPSA) is 58.2 Å². The van der Waals surface area contributed by atoms with Crippen molar-refractivity contribution >= 4 is 5.91 Å². The number of aromatic nitrogens is 2. The van der Waals surface area contributed by atoms with E-state index in [1.165, 1.54) is 0 Å². The molecule has 5 nitrogen and oxygen atoms in total. The van der Waals surface area contributed by atoms with Crippen LogP contribution in [0.4, 0.5) is 0 Å². The van der Waals surface area contributed by atoms with Crippen molar-refractivity contribution < 1.29 is 9.53 Å². The average molecular weight is 299 g/mol. The Balaban J connectivity index is 1.75. The fraction of sp³-hybridized carbons (Fsp3) is 0.412. The Bertz CT molecular complexity index is 665. The van der Waals surface area contributed by atoms with Crippen LogP contribution < -0.4 is 4.74 Å². The van der Waals surface area contributed by atoms with Gasteiger partial charge in [0.25, 0.3) is 5.91 Å². The van der Waals surface area contributed by atoms with E-state index in [1.807, 2.05) is 35.2 Å². The van der Waals surface area contributed by atoms with Gasteiger partial charge in [0.2, 0.25) is 0 Å². The predicted octanol–water partition coefficient (Wildman–Crippen LogP) is 2.96. The number of rotatable bonds is 5. The van der Waals surface area contributed by atoms with Crippen LogP contribution >= 0.6 is 0 Å². The zero-order valence-electron chi connectivity index (χ0n) is 13.0. The van der Waals surface area contributed by atoms with E-state index in [0.29, 0.717) is 5.69 Å². The number of carbonyl (C=O) groups excluding carboxylic acids is 1. The number of nitrogens with one attached hydrogen (secondary N) is 1. The van der Waals surface area contributed by atoms with Crippen molar-refractivity contribution in [3.8, 4) is 5.75 Å². The molecule has 1 atom stereocenters. The summed E-state index contributed by atoms with van der Waals surface area (Å²) in [5, 5.41) is 7.10. The summed E-state index contributed by atoms with van der Waals surface area (Å²) in [7, 11) is 1.65. The number of nitrogens with zero attached hydrogens (tertiary/aromatic N) is 2. The molecule has 0 unspecified atom stereocenters. The van der Waals surface area contributed by atoms with Crippen molar-refractivity contribution in [3.63, 3.8) is 0 Å². The first-order chi connectivity index (χ1) is 10.7. The second kappa shape index (κ2) is 6.22.